The molecule has 3 amide bonds. The van der Waals surface area contributed by atoms with Crippen LogP contribution in [-0.2, 0) is 25.4 Å². The van der Waals surface area contributed by atoms with Gasteiger partial charge in [-0.2, -0.15) is 73.9 Å². The maximum Gasteiger partial charge on any atom is 0.421 e. The second kappa shape index (κ2) is 28.4. The minimum absolute atomic E-state index is 0. The van der Waals surface area contributed by atoms with Crippen LogP contribution in [0.5, 0.6) is 5.88 Å². The molecule has 3 atom stereocenters. The van der Waals surface area contributed by atoms with E-state index in [1.54, 1.807) is 40.2 Å². The van der Waals surface area contributed by atoms with Gasteiger partial charge in [-0.05, 0) is 149 Å². The molecule has 0 radical (unpaired) electrons. The number of fused-ring (bicyclic) bond motifs is 3. The van der Waals surface area contributed by atoms with E-state index in [1.807, 2.05) is 91.3 Å². The Morgan fingerprint density at radius 3 is 1.20 bits per heavy atom. The molecule has 0 saturated heterocycles. The minimum Gasteiger partial charge on any atom is -0.481 e. The van der Waals surface area contributed by atoms with Gasteiger partial charge in [-0.1, -0.05) is 77.2 Å². The number of hydrogen-bond acceptors (Lipinski definition) is 11. The third-order valence-electron chi connectivity index (χ3n) is 15.8. The van der Waals surface area contributed by atoms with E-state index in [9.17, 15) is 47.0 Å². The van der Waals surface area contributed by atoms with E-state index in [-0.39, 0.29) is 94.8 Å². The number of halogens is 8. The molecule has 10 heterocycles. The van der Waals surface area contributed by atoms with E-state index < -0.39 is 44.6 Å². The van der Waals surface area contributed by atoms with E-state index >= 15 is 0 Å². The molecular formula is C65H73F8N13O4S4. The zero-order chi connectivity index (χ0) is 65.4. The third-order valence-corrected chi connectivity index (χ3v) is 16.9. The van der Waals surface area contributed by atoms with Crippen molar-refractivity contribution >= 4 is 85.6 Å². The summed E-state index contributed by atoms with van der Waals surface area (Å²) in [6.07, 6.45) is 11.0. The highest BCUT2D eigenvalue weighted by molar-refractivity contribution is 8.45. The summed E-state index contributed by atoms with van der Waals surface area (Å²) in [5, 5.41) is 13.3. The molecule has 0 fully saturated rings. The molecule has 0 spiro atoms. The van der Waals surface area contributed by atoms with Gasteiger partial charge in [0.15, 0.2) is 0 Å². The van der Waals surface area contributed by atoms with Crippen LogP contribution in [0.25, 0.3) is 33.4 Å². The summed E-state index contributed by atoms with van der Waals surface area (Å²) >= 11 is 0. The number of anilines is 3. The zero-order valence-corrected chi connectivity index (χ0v) is 56.5. The van der Waals surface area contributed by atoms with Gasteiger partial charge in [-0.25, -0.2) is 0 Å². The summed E-state index contributed by atoms with van der Waals surface area (Å²) in [6, 6.07) is 23.7. The first kappa shape index (κ1) is 73.1. The number of hydrogen-bond donors (Lipinski definition) is 0. The van der Waals surface area contributed by atoms with Gasteiger partial charge in [0.2, 0.25) is 5.88 Å². The summed E-state index contributed by atoms with van der Waals surface area (Å²) in [7, 11) is -8.67. The van der Waals surface area contributed by atoms with Crippen molar-refractivity contribution in [1.82, 2.24) is 49.3 Å². The number of rotatable bonds is 14. The minimum atomic E-state index is -9.78. The van der Waals surface area contributed by atoms with Crippen molar-refractivity contribution in [3.63, 3.8) is 0 Å². The van der Waals surface area contributed by atoms with E-state index in [0.29, 0.717) is 41.2 Å². The molecule has 0 saturated carbocycles. The second-order valence-corrected chi connectivity index (χ2v) is 25.1. The van der Waals surface area contributed by atoms with Crippen LogP contribution in [0.1, 0.15) is 139 Å². The Kier molecular flexibility index (Phi) is 22.1. The van der Waals surface area contributed by atoms with Crippen LogP contribution >= 0.6 is 50.7 Å². The third kappa shape index (κ3) is 15.4. The molecule has 17 nitrogen and oxygen atoms in total. The Bertz CT molecular complexity index is 4190. The van der Waals surface area contributed by atoms with Gasteiger partial charge in [0, 0.05) is 83.4 Å². The van der Waals surface area contributed by atoms with Crippen molar-refractivity contribution in [2.75, 3.05) is 41.4 Å². The first-order valence-corrected chi connectivity index (χ1v) is 31.6. The molecule has 94 heavy (non-hydrogen) atoms. The first-order valence-electron chi connectivity index (χ1n) is 29.7. The topological polar surface area (TPSA) is 175 Å². The predicted molar refractivity (Wildman–Crippen MR) is 363 cm³/mol. The number of aryl methyl sites for hydroxylation is 4. The largest absolute Gasteiger partial charge is 0.481 e. The molecule has 3 aliphatic heterocycles. The van der Waals surface area contributed by atoms with Crippen LogP contribution in [0.4, 0.5) is 49.8 Å². The van der Waals surface area contributed by atoms with Crippen LogP contribution in [-0.4, -0.2) is 93.7 Å². The fourth-order valence-corrected chi connectivity index (χ4v) is 12.0. The predicted octanol–water partition coefficient (Wildman–Crippen LogP) is 16.1. The highest BCUT2D eigenvalue weighted by Gasteiger charge is 2.65. The van der Waals surface area contributed by atoms with Gasteiger partial charge < -0.3 is 14.5 Å². The second-order valence-electron chi connectivity index (χ2n) is 22.7. The normalized spacial score (nSPS) is 16.7. The smallest absolute Gasteiger partial charge is 0.421 e. The lowest BCUT2D eigenvalue weighted by atomic mass is 9.87. The molecule has 2 aromatic carbocycles. The summed E-state index contributed by atoms with van der Waals surface area (Å²) in [5.41, 5.74) is 10.0. The molecule has 3 aliphatic rings. The standard InChI is InChI=1S/C22H22F3N5O2.C22H24N4O.C21H21F5N4OS.3H2S/c1-4-5-15-10-14(8-9-26-15)16-11-27-30-13(2)12-29(21(31)19(16)30)18-7-6-17(22(23,24)25)20(28-18)32-3;1-4-5-18-12-17(10-11-23-18)20-13-24-26-16(3)14-25(22(27)21(20)26)19-8-6-15(2)7-9-19;1-3-4-16-11-15(9-10-27-16)19-12-28-30-14(2)13-29(21(31)20(19)30)17-5-7-18(8-6-17)32(22,23,24,25)26;;;/h6-11,13H,4-5,12H2,1-3H3;6-13,16H,4-5,14H2,1-3H3;5-12,14H,3-4,13H2,1-2H3;3*1H2/t13-;16-;14-;;;/m000.../s1/i2*4-1;3-1;;;. The fraction of sp³-hybridized carbons (Fsp3) is 0.323. The SMILES string of the molecule is C[11CH2]Cc1cc(-c2cnn3c2C(=O)N(c2ccc(C(F)(F)F)c(OC)n2)C[C@@H]3C)ccn1.C[11CH2]Cc1cc(-c2cnn3c2C(=O)N(c2ccc(C)cc2)C[C@@H]3C)ccn1.C[11CH2]Cc1cc(-c2cnn3c2C(=O)N(c2ccc(S(F)(F)(F)(F)F)cc2)C[C@@H]3C)ccn1.S.S.S. The highest BCUT2D eigenvalue weighted by Crippen LogP contribution is 3.02. The van der Waals surface area contributed by atoms with Crippen molar-refractivity contribution in [3.8, 4) is 39.3 Å². The number of aromatic nitrogens is 10. The first-order chi connectivity index (χ1) is 43.1. The summed E-state index contributed by atoms with van der Waals surface area (Å²) < 4.78 is 115. The molecule has 29 heteroatoms. The lowest BCUT2D eigenvalue weighted by Gasteiger charge is -2.40. The molecule has 0 unspecified atom stereocenters. The maximum atomic E-state index is 13.5. The van der Waals surface area contributed by atoms with E-state index in [0.717, 1.165) is 109 Å². The Balaban J connectivity index is 0.000000197. The van der Waals surface area contributed by atoms with Gasteiger partial charge in [0.05, 0.1) is 43.8 Å². The molecule has 502 valence electrons. The number of benzene rings is 2. The number of pyridine rings is 4. The maximum absolute atomic E-state index is 13.5. The lowest BCUT2D eigenvalue weighted by molar-refractivity contribution is -0.139. The van der Waals surface area contributed by atoms with Crippen molar-refractivity contribution in [1.29, 1.82) is 0 Å². The lowest BCUT2D eigenvalue weighted by Crippen LogP contribution is -2.43. The van der Waals surface area contributed by atoms with Crippen molar-refractivity contribution in [2.45, 2.75) is 116 Å². The number of ether oxygens (including phenoxy) is 1. The van der Waals surface area contributed by atoms with E-state index in [2.05, 4.69) is 69.0 Å². The van der Waals surface area contributed by atoms with E-state index in [1.165, 1.54) is 21.4 Å². The molecule has 0 N–H and O–H groups in total. The molecule has 9 aromatic rings. The van der Waals surface area contributed by atoms with Crippen LogP contribution in [0.3, 0.4) is 0 Å². The Morgan fingerprint density at radius 1 is 0.511 bits per heavy atom. The number of nitrogens with zero attached hydrogens (tertiary/aromatic N) is 13. The van der Waals surface area contributed by atoms with E-state index in [4.69, 9.17) is 4.74 Å². The number of alkyl halides is 3. The van der Waals surface area contributed by atoms with Crippen molar-refractivity contribution in [2.24, 2.45) is 0 Å². The molecule has 0 aliphatic carbocycles. The quantitative estimate of drug-likeness (QED) is 0.0947. The average Bonchev–Trinajstić information content (AvgIpc) is 0.915. The number of amides is 3. The Morgan fingerprint density at radius 2 is 0.862 bits per heavy atom. The average molecular weight is 1380 g/mol. The van der Waals surface area contributed by atoms with Crippen LogP contribution in [0, 0.1) is 6.92 Å². The fourth-order valence-electron chi connectivity index (χ4n) is 11.3. The van der Waals surface area contributed by atoms with Crippen LogP contribution in [0.15, 0.2) is 139 Å². The van der Waals surface area contributed by atoms with Gasteiger partial charge in [0.25, 0.3) is 17.7 Å². The van der Waals surface area contributed by atoms with Crippen molar-refractivity contribution in [3.05, 3.63) is 180 Å². The van der Waals surface area contributed by atoms with Crippen LogP contribution < -0.4 is 19.4 Å². The number of methoxy groups -OCH3 is 1. The summed E-state index contributed by atoms with van der Waals surface area (Å²) in [4.78, 5) is 59.8. The molecular weight excluding hydrogens is 1300 g/mol. The van der Waals surface area contributed by atoms with Crippen LogP contribution in [0.2, 0.25) is 0 Å². The Labute approximate surface area is 560 Å². The molecule has 12 rings (SSSR count). The van der Waals surface area contributed by atoms with Crippen molar-refractivity contribution < 1.29 is 51.7 Å². The number of carbonyl (C=O) groups is 3. The monoisotopic (exact) mass is 1380 g/mol. The highest BCUT2D eigenvalue weighted by atomic mass is 32.5. The molecule has 7 aromatic heterocycles. The summed E-state index contributed by atoms with van der Waals surface area (Å²) in [6.45, 7) is 15.1. The zero-order valence-electron chi connectivity index (χ0n) is 52.7. The Hall–Kier alpha value is -8.28. The molecule has 0 bridgehead atoms. The van der Waals surface area contributed by atoms with Gasteiger partial charge in [0.1, 0.15) is 33.4 Å². The number of carbonyl (C=O) groups excluding carboxylic acids is 3. The summed E-state index contributed by atoms with van der Waals surface area (Å²) in [5.74, 6) is -1.35. The van der Waals surface area contributed by atoms with Gasteiger partial charge >= 0.3 is 16.4 Å². The van der Waals surface area contributed by atoms with Gasteiger partial charge in [-0.15, -0.1) is 0 Å². The van der Waals surface area contributed by atoms with Gasteiger partial charge in [-0.3, -0.25) is 48.3 Å².